The number of benzene rings is 1. The quantitative estimate of drug-likeness (QED) is 0.547. The molecule has 0 aliphatic heterocycles. The second-order valence-electron chi connectivity index (χ2n) is 5.48. The molecule has 2 heterocycles. The zero-order valence-electron chi connectivity index (χ0n) is 13.4. The topological polar surface area (TPSA) is 33.2 Å². The van der Waals surface area contributed by atoms with Crippen molar-refractivity contribution >= 4 is 46.1 Å². The fraction of sp³-hybridized carbons (Fsp3) is 0.158. The SMILES string of the molecule is O=C(CCc1ccc(Cl)s1)N(Cc1ccccn1)c1ccc(Cl)cc1. The molecule has 0 unspecified atom stereocenters. The number of thiophene rings is 1. The van der Waals surface area contributed by atoms with Gasteiger partial charge in [0.15, 0.2) is 0 Å². The van der Waals surface area contributed by atoms with Crippen molar-refractivity contribution in [3.05, 3.63) is 80.7 Å². The number of carbonyl (C=O) groups is 1. The van der Waals surface area contributed by atoms with Gasteiger partial charge < -0.3 is 4.90 Å². The maximum atomic E-state index is 12.8. The Morgan fingerprint density at radius 1 is 1.04 bits per heavy atom. The van der Waals surface area contributed by atoms with Crippen LogP contribution in [0, 0.1) is 0 Å². The number of pyridine rings is 1. The van der Waals surface area contributed by atoms with E-state index in [1.807, 2.05) is 42.5 Å². The summed E-state index contributed by atoms with van der Waals surface area (Å²) in [6.07, 6.45) is 2.81. The van der Waals surface area contributed by atoms with Crippen LogP contribution in [0.3, 0.4) is 0 Å². The minimum atomic E-state index is 0.0393. The number of hydrogen-bond donors (Lipinski definition) is 0. The first-order valence-corrected chi connectivity index (χ1v) is 9.39. The van der Waals surface area contributed by atoms with Crippen LogP contribution in [0.1, 0.15) is 17.0 Å². The molecule has 0 aliphatic rings. The summed E-state index contributed by atoms with van der Waals surface area (Å²) in [5, 5.41) is 0.641. The summed E-state index contributed by atoms with van der Waals surface area (Å²) in [6, 6.07) is 16.8. The first kappa shape index (κ1) is 17.9. The van der Waals surface area contributed by atoms with Crippen LogP contribution in [-0.4, -0.2) is 10.9 Å². The molecule has 0 saturated carbocycles. The number of nitrogens with zero attached hydrogens (tertiary/aromatic N) is 2. The number of aromatic nitrogens is 1. The van der Waals surface area contributed by atoms with Gasteiger partial charge >= 0.3 is 0 Å². The van der Waals surface area contributed by atoms with Crippen molar-refractivity contribution in [2.75, 3.05) is 4.90 Å². The molecule has 6 heteroatoms. The van der Waals surface area contributed by atoms with E-state index in [4.69, 9.17) is 23.2 Å². The molecular formula is C19H16Cl2N2OS. The summed E-state index contributed by atoms with van der Waals surface area (Å²) in [4.78, 5) is 20.0. The lowest BCUT2D eigenvalue weighted by Gasteiger charge is -2.22. The highest BCUT2D eigenvalue weighted by Crippen LogP contribution is 2.24. The van der Waals surface area contributed by atoms with Crippen LogP contribution in [0.25, 0.3) is 0 Å². The number of halogens is 2. The monoisotopic (exact) mass is 390 g/mol. The van der Waals surface area contributed by atoms with Crippen molar-refractivity contribution < 1.29 is 4.79 Å². The number of rotatable bonds is 6. The molecule has 3 nitrogen and oxygen atoms in total. The van der Waals surface area contributed by atoms with Gasteiger partial charge in [-0.25, -0.2) is 0 Å². The molecule has 0 spiro atoms. The van der Waals surface area contributed by atoms with Gasteiger partial charge in [-0.1, -0.05) is 29.3 Å². The molecule has 3 rings (SSSR count). The van der Waals surface area contributed by atoms with E-state index in [9.17, 15) is 4.79 Å². The highest BCUT2D eigenvalue weighted by Gasteiger charge is 2.17. The third-order valence-electron chi connectivity index (χ3n) is 3.70. The molecular weight excluding hydrogens is 375 g/mol. The first-order valence-electron chi connectivity index (χ1n) is 7.82. The molecule has 0 N–H and O–H groups in total. The van der Waals surface area contributed by atoms with E-state index in [1.165, 1.54) is 11.3 Å². The highest BCUT2D eigenvalue weighted by atomic mass is 35.5. The van der Waals surface area contributed by atoms with Crippen LogP contribution >= 0.6 is 34.5 Å². The second kappa shape index (κ2) is 8.48. The summed E-state index contributed by atoms with van der Waals surface area (Å²) in [5.74, 6) is 0.0393. The van der Waals surface area contributed by atoms with E-state index in [0.29, 0.717) is 24.4 Å². The van der Waals surface area contributed by atoms with Crippen molar-refractivity contribution in [3.8, 4) is 0 Å². The van der Waals surface area contributed by atoms with E-state index in [1.54, 1.807) is 23.2 Å². The van der Waals surface area contributed by atoms with E-state index in [-0.39, 0.29) is 5.91 Å². The average Bonchev–Trinajstić information content (AvgIpc) is 3.05. The molecule has 1 amide bonds. The van der Waals surface area contributed by atoms with Crippen molar-refractivity contribution in [3.63, 3.8) is 0 Å². The van der Waals surface area contributed by atoms with Gasteiger partial charge in [0.2, 0.25) is 5.91 Å². The van der Waals surface area contributed by atoms with Gasteiger partial charge in [0.25, 0.3) is 0 Å². The minimum absolute atomic E-state index is 0.0393. The molecule has 1 aromatic carbocycles. The second-order valence-corrected chi connectivity index (χ2v) is 7.72. The van der Waals surface area contributed by atoms with Crippen LogP contribution in [0.2, 0.25) is 9.36 Å². The number of amides is 1. The Kier molecular flexibility index (Phi) is 6.08. The molecule has 0 fully saturated rings. The smallest absolute Gasteiger partial charge is 0.227 e. The van der Waals surface area contributed by atoms with Gasteiger partial charge in [-0.05, 0) is 55.0 Å². The first-order chi connectivity index (χ1) is 12.1. The molecule has 128 valence electrons. The lowest BCUT2D eigenvalue weighted by atomic mass is 10.2. The van der Waals surface area contributed by atoms with Crippen LogP contribution in [0.5, 0.6) is 0 Å². The van der Waals surface area contributed by atoms with E-state index in [2.05, 4.69) is 4.98 Å². The van der Waals surface area contributed by atoms with Crippen molar-refractivity contribution in [2.45, 2.75) is 19.4 Å². The molecule has 2 aromatic heterocycles. The number of carbonyl (C=O) groups excluding carboxylic acids is 1. The molecule has 0 bridgehead atoms. The Balaban J connectivity index is 1.77. The molecule has 0 aliphatic carbocycles. The molecule has 3 aromatic rings. The summed E-state index contributed by atoms with van der Waals surface area (Å²) < 4.78 is 0.741. The zero-order valence-corrected chi connectivity index (χ0v) is 15.7. The fourth-order valence-corrected chi connectivity index (χ4v) is 3.66. The molecule has 0 saturated heterocycles. The summed E-state index contributed by atoms with van der Waals surface area (Å²) in [6.45, 7) is 0.423. The Morgan fingerprint density at radius 2 is 1.84 bits per heavy atom. The van der Waals surface area contributed by atoms with Crippen LogP contribution in [-0.2, 0) is 17.8 Å². The van der Waals surface area contributed by atoms with Crippen molar-refractivity contribution in [1.29, 1.82) is 0 Å². The summed E-state index contributed by atoms with van der Waals surface area (Å²) in [7, 11) is 0. The van der Waals surface area contributed by atoms with E-state index < -0.39 is 0 Å². The van der Waals surface area contributed by atoms with Crippen molar-refractivity contribution in [2.24, 2.45) is 0 Å². The minimum Gasteiger partial charge on any atom is -0.306 e. The van der Waals surface area contributed by atoms with Gasteiger partial charge in [-0.2, -0.15) is 0 Å². The lowest BCUT2D eigenvalue weighted by Crippen LogP contribution is -2.30. The lowest BCUT2D eigenvalue weighted by molar-refractivity contribution is -0.118. The fourth-order valence-electron chi connectivity index (χ4n) is 2.45. The Labute approximate surface area is 160 Å². The predicted molar refractivity (Wildman–Crippen MR) is 105 cm³/mol. The van der Waals surface area contributed by atoms with Gasteiger partial charge in [0, 0.05) is 28.2 Å². The standard InChI is InChI=1S/C19H16Cl2N2OS/c20-14-4-6-16(7-5-14)23(13-15-3-1-2-12-22-15)19(24)11-9-17-8-10-18(21)25-17/h1-8,10,12H,9,11,13H2. The van der Waals surface area contributed by atoms with Crippen LogP contribution < -0.4 is 4.90 Å². The summed E-state index contributed by atoms with van der Waals surface area (Å²) in [5.41, 5.74) is 1.65. The van der Waals surface area contributed by atoms with Crippen LogP contribution in [0.15, 0.2) is 60.8 Å². The Morgan fingerprint density at radius 3 is 2.48 bits per heavy atom. The van der Waals surface area contributed by atoms with E-state index >= 15 is 0 Å². The number of anilines is 1. The Bertz CT molecular complexity index is 834. The van der Waals surface area contributed by atoms with Crippen LogP contribution in [0.4, 0.5) is 5.69 Å². The predicted octanol–water partition coefficient (Wildman–Crippen LogP) is 5.62. The van der Waals surface area contributed by atoms with Gasteiger partial charge in [-0.3, -0.25) is 9.78 Å². The van der Waals surface area contributed by atoms with Gasteiger partial charge in [0.05, 0.1) is 16.6 Å². The van der Waals surface area contributed by atoms with Crippen molar-refractivity contribution in [1.82, 2.24) is 4.98 Å². The number of hydrogen-bond acceptors (Lipinski definition) is 3. The molecule has 0 radical (unpaired) electrons. The summed E-state index contributed by atoms with van der Waals surface area (Å²) >= 11 is 13.4. The largest absolute Gasteiger partial charge is 0.306 e. The average molecular weight is 391 g/mol. The van der Waals surface area contributed by atoms with Gasteiger partial charge in [0.1, 0.15) is 0 Å². The maximum absolute atomic E-state index is 12.8. The number of aryl methyl sites for hydroxylation is 1. The molecule has 25 heavy (non-hydrogen) atoms. The maximum Gasteiger partial charge on any atom is 0.227 e. The zero-order chi connectivity index (χ0) is 17.6. The normalized spacial score (nSPS) is 10.6. The third-order valence-corrected chi connectivity index (χ3v) is 5.24. The van der Waals surface area contributed by atoms with Gasteiger partial charge in [-0.15, -0.1) is 11.3 Å². The molecule has 0 atom stereocenters. The Hall–Kier alpha value is -1.88. The van der Waals surface area contributed by atoms with E-state index in [0.717, 1.165) is 20.6 Å². The highest BCUT2D eigenvalue weighted by molar-refractivity contribution is 7.16. The third kappa shape index (κ3) is 5.05.